The normalized spacial score (nSPS) is 20.3. The van der Waals surface area contributed by atoms with Gasteiger partial charge in [0, 0.05) is 0 Å². The average molecular weight is 305 g/mol. The van der Waals surface area contributed by atoms with E-state index >= 15 is 0 Å². The molecular formula is C22H27N. The van der Waals surface area contributed by atoms with Gasteiger partial charge in [0.2, 0.25) is 0 Å². The molecule has 0 bridgehead atoms. The van der Waals surface area contributed by atoms with Crippen LogP contribution in [0.4, 0.5) is 0 Å². The Morgan fingerprint density at radius 3 is 1.17 bits per heavy atom. The number of hydrogen-bond acceptors (Lipinski definition) is 1. The predicted octanol–water partition coefficient (Wildman–Crippen LogP) is 5.48. The largest absolute Gasteiger partial charge is 0.296 e. The maximum atomic E-state index is 3.81. The molecule has 1 aliphatic heterocycles. The van der Waals surface area contributed by atoms with Gasteiger partial charge >= 0.3 is 0 Å². The van der Waals surface area contributed by atoms with Crippen LogP contribution in [0.5, 0.6) is 0 Å². The molecule has 3 rings (SSSR count). The molecule has 1 N–H and O–H groups in total. The molecule has 1 aliphatic rings. The second-order valence-corrected chi connectivity index (χ2v) is 7.13. The molecule has 0 amide bonds. The highest BCUT2D eigenvalue weighted by molar-refractivity contribution is 5.46. The van der Waals surface area contributed by atoms with E-state index in [0.29, 0.717) is 12.1 Å². The molecule has 1 heterocycles. The van der Waals surface area contributed by atoms with Crippen molar-refractivity contribution in [3.8, 4) is 0 Å². The topological polar surface area (TPSA) is 12.0 Å². The summed E-state index contributed by atoms with van der Waals surface area (Å²) in [6.45, 7) is 13.2. The third kappa shape index (κ3) is 2.98. The van der Waals surface area contributed by atoms with Crippen LogP contribution in [-0.4, -0.2) is 0 Å². The molecule has 2 aromatic rings. The van der Waals surface area contributed by atoms with E-state index in [0.717, 1.165) is 0 Å². The van der Waals surface area contributed by atoms with Crippen LogP contribution in [0.1, 0.15) is 56.6 Å². The molecule has 120 valence electrons. The summed E-state index contributed by atoms with van der Waals surface area (Å²) in [6, 6.07) is 9.75. The monoisotopic (exact) mass is 305 g/mol. The van der Waals surface area contributed by atoms with E-state index in [9.17, 15) is 0 Å². The zero-order chi connectivity index (χ0) is 16.7. The minimum absolute atomic E-state index is 0.306. The molecule has 1 heteroatoms. The number of nitrogens with one attached hydrogen (secondary N) is 1. The number of aryl methyl sites for hydroxylation is 6. The minimum atomic E-state index is 0.306. The maximum Gasteiger partial charge on any atom is 0.0519 e. The number of benzene rings is 2. The van der Waals surface area contributed by atoms with E-state index in [4.69, 9.17) is 0 Å². The Bertz CT molecular complexity index is 671. The molecule has 2 aromatic carbocycles. The highest BCUT2D eigenvalue weighted by Crippen LogP contribution is 2.34. The summed E-state index contributed by atoms with van der Waals surface area (Å²) < 4.78 is 0. The van der Waals surface area contributed by atoms with Gasteiger partial charge in [-0.2, -0.15) is 0 Å². The van der Waals surface area contributed by atoms with Crippen LogP contribution >= 0.6 is 0 Å². The summed E-state index contributed by atoms with van der Waals surface area (Å²) in [5.41, 5.74) is 11.0. The molecule has 0 fully saturated rings. The fourth-order valence-electron chi connectivity index (χ4n) is 4.25. The van der Waals surface area contributed by atoms with E-state index in [1.807, 2.05) is 0 Å². The summed E-state index contributed by atoms with van der Waals surface area (Å²) >= 11 is 0. The fourth-order valence-corrected chi connectivity index (χ4v) is 4.25. The summed E-state index contributed by atoms with van der Waals surface area (Å²) in [6.07, 6.45) is 4.65. The van der Waals surface area contributed by atoms with Gasteiger partial charge in [-0.05, 0) is 74.9 Å². The SMILES string of the molecule is Cc1cc(C)c(C2C=CC(c3c(C)cc(C)cc3C)N2)c(C)c1. The van der Waals surface area contributed by atoms with Crippen LogP contribution < -0.4 is 5.32 Å². The van der Waals surface area contributed by atoms with Gasteiger partial charge in [0.15, 0.2) is 0 Å². The van der Waals surface area contributed by atoms with E-state index in [1.165, 1.54) is 44.5 Å². The fraction of sp³-hybridized carbons (Fsp3) is 0.364. The smallest absolute Gasteiger partial charge is 0.0519 e. The molecule has 23 heavy (non-hydrogen) atoms. The Balaban J connectivity index is 1.93. The molecule has 2 unspecified atom stereocenters. The zero-order valence-electron chi connectivity index (χ0n) is 15.1. The number of rotatable bonds is 2. The zero-order valence-corrected chi connectivity index (χ0v) is 15.1. The van der Waals surface area contributed by atoms with Crippen LogP contribution in [0.25, 0.3) is 0 Å². The second kappa shape index (κ2) is 5.98. The van der Waals surface area contributed by atoms with Crippen molar-refractivity contribution >= 4 is 0 Å². The molecule has 0 saturated carbocycles. The van der Waals surface area contributed by atoms with Crippen molar-refractivity contribution in [3.05, 3.63) is 80.9 Å². The molecule has 0 aromatic heterocycles. The lowest BCUT2D eigenvalue weighted by Gasteiger charge is -2.22. The third-order valence-corrected chi connectivity index (χ3v) is 4.95. The van der Waals surface area contributed by atoms with Crippen LogP contribution in [0.2, 0.25) is 0 Å². The summed E-state index contributed by atoms with van der Waals surface area (Å²) in [5, 5.41) is 3.81. The van der Waals surface area contributed by atoms with Gasteiger partial charge in [-0.25, -0.2) is 0 Å². The maximum absolute atomic E-state index is 3.81. The standard InChI is InChI=1S/C22H27N/c1-13-9-15(3)21(16(4)10-13)19-7-8-20(23-19)22-17(5)11-14(2)12-18(22)6/h7-12,19-20,23H,1-6H3. The Labute approximate surface area is 140 Å². The first kappa shape index (κ1) is 16.0. The quantitative estimate of drug-likeness (QED) is 0.725. The van der Waals surface area contributed by atoms with E-state index in [2.05, 4.69) is 83.3 Å². The van der Waals surface area contributed by atoms with Crippen LogP contribution in [0, 0.1) is 41.5 Å². The molecule has 0 radical (unpaired) electrons. The van der Waals surface area contributed by atoms with Gasteiger partial charge in [-0.15, -0.1) is 0 Å². The summed E-state index contributed by atoms with van der Waals surface area (Å²) in [5.74, 6) is 0. The van der Waals surface area contributed by atoms with E-state index < -0.39 is 0 Å². The molecule has 1 nitrogen and oxygen atoms in total. The molecule has 0 aliphatic carbocycles. The van der Waals surface area contributed by atoms with E-state index in [1.54, 1.807) is 0 Å². The first-order valence-electron chi connectivity index (χ1n) is 8.46. The van der Waals surface area contributed by atoms with Gasteiger partial charge in [-0.1, -0.05) is 47.5 Å². The first-order chi connectivity index (χ1) is 10.9. The predicted molar refractivity (Wildman–Crippen MR) is 99.1 cm³/mol. The van der Waals surface area contributed by atoms with Gasteiger partial charge < -0.3 is 0 Å². The molecule has 0 saturated heterocycles. The second-order valence-electron chi connectivity index (χ2n) is 7.13. The van der Waals surface area contributed by atoms with Gasteiger partial charge in [0.1, 0.15) is 0 Å². The number of hydrogen-bond donors (Lipinski definition) is 1. The Kier molecular flexibility index (Phi) is 4.16. The van der Waals surface area contributed by atoms with E-state index in [-0.39, 0.29) is 0 Å². The molecule has 0 spiro atoms. The Hall–Kier alpha value is -1.86. The summed E-state index contributed by atoms with van der Waals surface area (Å²) in [4.78, 5) is 0. The highest BCUT2D eigenvalue weighted by atomic mass is 15.0. The van der Waals surface area contributed by atoms with Crippen molar-refractivity contribution in [2.24, 2.45) is 0 Å². The summed E-state index contributed by atoms with van der Waals surface area (Å²) in [7, 11) is 0. The average Bonchev–Trinajstić information content (AvgIpc) is 2.85. The Morgan fingerprint density at radius 2 is 0.870 bits per heavy atom. The molecular weight excluding hydrogens is 278 g/mol. The Morgan fingerprint density at radius 1 is 0.565 bits per heavy atom. The van der Waals surface area contributed by atoms with Gasteiger partial charge in [0.05, 0.1) is 12.1 Å². The van der Waals surface area contributed by atoms with Crippen molar-refractivity contribution in [1.82, 2.24) is 5.32 Å². The molecule has 2 atom stereocenters. The third-order valence-electron chi connectivity index (χ3n) is 4.95. The van der Waals surface area contributed by atoms with Gasteiger partial charge in [0.25, 0.3) is 0 Å². The van der Waals surface area contributed by atoms with Crippen molar-refractivity contribution in [3.63, 3.8) is 0 Å². The van der Waals surface area contributed by atoms with Crippen molar-refractivity contribution in [2.75, 3.05) is 0 Å². The van der Waals surface area contributed by atoms with Crippen LogP contribution in [0.3, 0.4) is 0 Å². The van der Waals surface area contributed by atoms with Crippen molar-refractivity contribution < 1.29 is 0 Å². The lowest BCUT2D eigenvalue weighted by Crippen LogP contribution is -2.21. The van der Waals surface area contributed by atoms with Crippen LogP contribution in [-0.2, 0) is 0 Å². The van der Waals surface area contributed by atoms with Crippen molar-refractivity contribution in [2.45, 2.75) is 53.6 Å². The van der Waals surface area contributed by atoms with Crippen molar-refractivity contribution in [1.29, 1.82) is 0 Å². The van der Waals surface area contributed by atoms with Crippen LogP contribution in [0.15, 0.2) is 36.4 Å². The lowest BCUT2D eigenvalue weighted by molar-refractivity contribution is 0.598. The highest BCUT2D eigenvalue weighted by Gasteiger charge is 2.25. The van der Waals surface area contributed by atoms with Gasteiger partial charge in [-0.3, -0.25) is 5.32 Å². The first-order valence-corrected chi connectivity index (χ1v) is 8.46. The minimum Gasteiger partial charge on any atom is -0.296 e. The lowest BCUT2D eigenvalue weighted by atomic mass is 9.94.